The predicted molar refractivity (Wildman–Crippen MR) is 62.4 cm³/mol. The standard InChI is InChI=1S/C10H17N3OS/c1-8(7-15)6-13-10(14)12-5-3-2-4-9(12)11-13/h8,15H,2-7H2,1H3. The molecule has 0 aromatic carbocycles. The SMILES string of the molecule is CC(CS)Cn1nc2n(c1=O)CCCC2. The predicted octanol–water partition coefficient (Wildman–Crippen LogP) is 0.947. The van der Waals surface area contributed by atoms with Crippen molar-refractivity contribution in [1.29, 1.82) is 0 Å². The number of hydrogen-bond acceptors (Lipinski definition) is 3. The smallest absolute Gasteiger partial charge is 0.279 e. The molecule has 84 valence electrons. The van der Waals surface area contributed by atoms with Gasteiger partial charge >= 0.3 is 5.69 Å². The number of fused-ring (bicyclic) bond motifs is 1. The van der Waals surface area contributed by atoms with Crippen LogP contribution >= 0.6 is 12.6 Å². The van der Waals surface area contributed by atoms with E-state index in [1.807, 2.05) is 4.57 Å². The summed E-state index contributed by atoms with van der Waals surface area (Å²) in [6, 6.07) is 0. The van der Waals surface area contributed by atoms with Gasteiger partial charge in [0.25, 0.3) is 0 Å². The molecule has 1 aliphatic heterocycles. The molecule has 0 radical (unpaired) electrons. The quantitative estimate of drug-likeness (QED) is 0.781. The highest BCUT2D eigenvalue weighted by Crippen LogP contribution is 2.10. The molecule has 2 rings (SSSR count). The Morgan fingerprint density at radius 2 is 2.33 bits per heavy atom. The highest BCUT2D eigenvalue weighted by molar-refractivity contribution is 7.80. The number of thiol groups is 1. The second kappa shape index (κ2) is 4.43. The Kier molecular flexibility index (Phi) is 3.19. The summed E-state index contributed by atoms with van der Waals surface area (Å²) in [5.74, 6) is 2.13. The highest BCUT2D eigenvalue weighted by Gasteiger charge is 2.17. The van der Waals surface area contributed by atoms with Crippen LogP contribution in [0.5, 0.6) is 0 Å². The first-order valence-electron chi connectivity index (χ1n) is 5.49. The van der Waals surface area contributed by atoms with E-state index in [2.05, 4.69) is 24.7 Å². The van der Waals surface area contributed by atoms with Crippen LogP contribution in [-0.4, -0.2) is 20.1 Å². The first kappa shape index (κ1) is 10.8. The van der Waals surface area contributed by atoms with Crippen molar-refractivity contribution in [2.24, 2.45) is 5.92 Å². The van der Waals surface area contributed by atoms with Gasteiger partial charge in [-0.05, 0) is 24.5 Å². The minimum Gasteiger partial charge on any atom is -0.279 e. The summed E-state index contributed by atoms with van der Waals surface area (Å²) in [5.41, 5.74) is 0.0540. The molecule has 0 N–H and O–H groups in total. The Hall–Kier alpha value is -0.710. The monoisotopic (exact) mass is 227 g/mol. The maximum Gasteiger partial charge on any atom is 0.345 e. The molecule has 1 unspecified atom stereocenters. The topological polar surface area (TPSA) is 39.8 Å². The van der Waals surface area contributed by atoms with Crippen molar-refractivity contribution < 1.29 is 0 Å². The van der Waals surface area contributed by atoms with Crippen LogP contribution < -0.4 is 5.69 Å². The first-order valence-corrected chi connectivity index (χ1v) is 6.13. The fourth-order valence-electron chi connectivity index (χ4n) is 1.92. The van der Waals surface area contributed by atoms with Crippen LogP contribution in [0, 0.1) is 5.92 Å². The summed E-state index contributed by atoms with van der Waals surface area (Å²) in [4.78, 5) is 11.9. The zero-order valence-corrected chi connectivity index (χ0v) is 9.91. The number of aryl methyl sites for hydroxylation is 1. The zero-order valence-electron chi connectivity index (χ0n) is 9.02. The Balaban J connectivity index is 2.25. The van der Waals surface area contributed by atoms with Crippen molar-refractivity contribution in [1.82, 2.24) is 14.3 Å². The molecule has 0 spiro atoms. The van der Waals surface area contributed by atoms with E-state index >= 15 is 0 Å². The number of nitrogens with zero attached hydrogens (tertiary/aromatic N) is 3. The third-order valence-electron chi connectivity index (χ3n) is 2.83. The lowest BCUT2D eigenvalue weighted by molar-refractivity contribution is 0.470. The molecule has 0 aliphatic carbocycles. The van der Waals surface area contributed by atoms with Crippen LogP contribution in [0.2, 0.25) is 0 Å². The van der Waals surface area contributed by atoms with Crippen molar-refractivity contribution in [3.8, 4) is 0 Å². The van der Waals surface area contributed by atoms with E-state index in [-0.39, 0.29) is 5.69 Å². The van der Waals surface area contributed by atoms with Gasteiger partial charge in [0.1, 0.15) is 5.82 Å². The number of hydrogen-bond donors (Lipinski definition) is 1. The van der Waals surface area contributed by atoms with Crippen molar-refractivity contribution in [2.75, 3.05) is 5.75 Å². The normalized spacial score (nSPS) is 17.5. The second-order valence-corrected chi connectivity index (χ2v) is 4.64. The summed E-state index contributed by atoms with van der Waals surface area (Å²) in [6.45, 7) is 3.60. The van der Waals surface area contributed by atoms with Gasteiger partial charge in [0.2, 0.25) is 0 Å². The van der Waals surface area contributed by atoms with Crippen LogP contribution in [0.4, 0.5) is 0 Å². The molecular formula is C10H17N3OS. The number of rotatable bonds is 3. The lowest BCUT2D eigenvalue weighted by atomic mass is 10.2. The van der Waals surface area contributed by atoms with Crippen LogP contribution in [0.3, 0.4) is 0 Å². The van der Waals surface area contributed by atoms with Gasteiger partial charge in [0.05, 0.1) is 0 Å². The fraction of sp³-hybridized carbons (Fsp3) is 0.800. The van der Waals surface area contributed by atoms with Crippen molar-refractivity contribution in [3.05, 3.63) is 16.3 Å². The average molecular weight is 227 g/mol. The van der Waals surface area contributed by atoms with Gasteiger partial charge in [-0.1, -0.05) is 6.92 Å². The van der Waals surface area contributed by atoms with Gasteiger partial charge in [0.15, 0.2) is 0 Å². The van der Waals surface area contributed by atoms with E-state index in [9.17, 15) is 4.79 Å². The molecule has 2 heterocycles. The van der Waals surface area contributed by atoms with Crippen molar-refractivity contribution in [3.63, 3.8) is 0 Å². The Labute approximate surface area is 94.7 Å². The molecule has 0 fully saturated rings. The average Bonchev–Trinajstić information content (AvgIpc) is 2.57. The molecule has 15 heavy (non-hydrogen) atoms. The Morgan fingerprint density at radius 1 is 1.53 bits per heavy atom. The van der Waals surface area contributed by atoms with Crippen molar-refractivity contribution in [2.45, 2.75) is 39.3 Å². The summed E-state index contributed by atoms with van der Waals surface area (Å²) < 4.78 is 3.41. The van der Waals surface area contributed by atoms with Gasteiger partial charge in [-0.2, -0.15) is 17.7 Å². The van der Waals surface area contributed by atoms with Crippen molar-refractivity contribution >= 4 is 12.6 Å². The fourth-order valence-corrected chi connectivity index (χ4v) is 2.04. The van der Waals surface area contributed by atoms with Gasteiger partial charge in [-0.15, -0.1) is 0 Å². The maximum atomic E-state index is 11.9. The minimum atomic E-state index is 0.0540. The summed E-state index contributed by atoms with van der Waals surface area (Å²) in [7, 11) is 0. The molecule has 1 aromatic heterocycles. The van der Waals surface area contributed by atoms with Gasteiger partial charge in [0, 0.05) is 19.5 Å². The Morgan fingerprint density at radius 3 is 3.00 bits per heavy atom. The van der Waals surface area contributed by atoms with E-state index in [1.165, 1.54) is 0 Å². The molecule has 4 nitrogen and oxygen atoms in total. The van der Waals surface area contributed by atoms with E-state index < -0.39 is 0 Å². The van der Waals surface area contributed by atoms with E-state index in [0.29, 0.717) is 12.5 Å². The Bertz CT molecular complexity index is 396. The lowest BCUT2D eigenvalue weighted by Crippen LogP contribution is -2.28. The molecule has 1 aromatic rings. The summed E-state index contributed by atoms with van der Waals surface area (Å²) >= 11 is 4.22. The first-order chi connectivity index (χ1) is 7.22. The minimum absolute atomic E-state index is 0.0540. The maximum absolute atomic E-state index is 11.9. The van der Waals surface area contributed by atoms with E-state index in [4.69, 9.17) is 0 Å². The highest BCUT2D eigenvalue weighted by atomic mass is 32.1. The summed E-state index contributed by atoms with van der Waals surface area (Å²) in [6.07, 6.45) is 3.19. The molecular weight excluding hydrogens is 210 g/mol. The van der Waals surface area contributed by atoms with Crippen LogP contribution in [0.1, 0.15) is 25.6 Å². The molecule has 5 heteroatoms. The van der Waals surface area contributed by atoms with Gasteiger partial charge < -0.3 is 0 Å². The molecule has 0 saturated carbocycles. The summed E-state index contributed by atoms with van der Waals surface area (Å²) in [5, 5.41) is 4.37. The van der Waals surface area contributed by atoms with E-state index in [0.717, 1.165) is 37.4 Å². The molecule has 1 aliphatic rings. The zero-order chi connectivity index (χ0) is 10.8. The molecule has 1 atom stereocenters. The lowest BCUT2D eigenvalue weighted by Gasteiger charge is -2.09. The largest absolute Gasteiger partial charge is 0.345 e. The second-order valence-electron chi connectivity index (χ2n) is 4.28. The molecule has 0 bridgehead atoms. The molecule has 0 amide bonds. The number of aromatic nitrogens is 3. The van der Waals surface area contributed by atoms with Crippen LogP contribution in [0.15, 0.2) is 4.79 Å². The third kappa shape index (κ3) is 2.12. The van der Waals surface area contributed by atoms with E-state index in [1.54, 1.807) is 4.68 Å². The molecule has 0 saturated heterocycles. The van der Waals surface area contributed by atoms with Gasteiger partial charge in [-0.3, -0.25) is 4.57 Å². The van der Waals surface area contributed by atoms with Crippen LogP contribution in [0.25, 0.3) is 0 Å². The third-order valence-corrected chi connectivity index (χ3v) is 3.45. The van der Waals surface area contributed by atoms with Crippen LogP contribution in [-0.2, 0) is 19.5 Å². The van der Waals surface area contributed by atoms with Gasteiger partial charge in [-0.25, -0.2) is 9.48 Å².